The van der Waals surface area contributed by atoms with E-state index in [0.717, 1.165) is 22.3 Å². The number of hydrogen-bond acceptors (Lipinski definition) is 6. The normalized spacial score (nSPS) is 12.1. The van der Waals surface area contributed by atoms with E-state index in [1.165, 1.54) is 0 Å². The molecule has 7 heteroatoms. The standard InChI is InChI=1S/C21H22N6O/c1-14-7-6-8-16(11-14)24-19-18-13-23-27(17-9-4-3-5-10-17)20(18)26-21(25-19)22-12-15(2)28/h3-11,13,15,28H,12H2,1-2H3,(H2,22,24,25,26)/t15-/m1/s1. The molecule has 0 saturated carbocycles. The van der Waals surface area contributed by atoms with Crippen molar-refractivity contribution in [2.45, 2.75) is 20.0 Å². The average molecular weight is 374 g/mol. The van der Waals surface area contributed by atoms with Gasteiger partial charge in [0.15, 0.2) is 5.65 Å². The van der Waals surface area contributed by atoms with Crippen molar-refractivity contribution in [2.75, 3.05) is 17.2 Å². The van der Waals surface area contributed by atoms with Gasteiger partial charge in [-0.1, -0.05) is 30.3 Å². The SMILES string of the molecule is Cc1cccc(Nc2nc(NC[C@@H](C)O)nc3c2cnn3-c2ccccc2)c1. The number of hydrogen-bond donors (Lipinski definition) is 3. The van der Waals surface area contributed by atoms with Gasteiger partial charge in [0.2, 0.25) is 5.95 Å². The number of fused-ring (bicyclic) bond motifs is 1. The molecule has 0 spiro atoms. The van der Waals surface area contributed by atoms with Crippen LogP contribution in [0.4, 0.5) is 17.5 Å². The second-order valence-electron chi connectivity index (χ2n) is 6.75. The third-order valence-corrected chi connectivity index (χ3v) is 4.27. The van der Waals surface area contributed by atoms with Gasteiger partial charge in [-0.25, -0.2) is 4.68 Å². The molecular formula is C21H22N6O. The molecule has 0 aliphatic carbocycles. The maximum atomic E-state index is 9.60. The molecule has 0 aliphatic heterocycles. The summed E-state index contributed by atoms with van der Waals surface area (Å²) in [6.45, 7) is 4.12. The summed E-state index contributed by atoms with van der Waals surface area (Å²) in [5, 5.41) is 21.4. The van der Waals surface area contributed by atoms with Crippen molar-refractivity contribution in [2.24, 2.45) is 0 Å². The van der Waals surface area contributed by atoms with Gasteiger partial charge in [0.05, 0.1) is 23.4 Å². The molecule has 2 aromatic heterocycles. The Morgan fingerprint density at radius 1 is 1.07 bits per heavy atom. The summed E-state index contributed by atoms with van der Waals surface area (Å²) < 4.78 is 1.78. The van der Waals surface area contributed by atoms with Gasteiger partial charge in [-0.2, -0.15) is 15.1 Å². The molecule has 0 amide bonds. The molecule has 2 aromatic carbocycles. The smallest absolute Gasteiger partial charge is 0.226 e. The molecule has 4 rings (SSSR count). The monoisotopic (exact) mass is 374 g/mol. The minimum absolute atomic E-state index is 0.356. The second kappa shape index (κ2) is 7.66. The number of aryl methyl sites for hydroxylation is 1. The van der Waals surface area contributed by atoms with Gasteiger partial charge in [0.25, 0.3) is 0 Å². The van der Waals surface area contributed by atoms with Crippen molar-refractivity contribution in [3.63, 3.8) is 0 Å². The van der Waals surface area contributed by atoms with Gasteiger partial charge in [-0.05, 0) is 43.7 Å². The van der Waals surface area contributed by atoms with Gasteiger partial charge in [-0.15, -0.1) is 0 Å². The van der Waals surface area contributed by atoms with Crippen molar-refractivity contribution in [3.05, 3.63) is 66.4 Å². The first kappa shape index (κ1) is 17.9. The Morgan fingerprint density at radius 3 is 2.64 bits per heavy atom. The Bertz CT molecular complexity index is 1090. The molecule has 0 unspecified atom stereocenters. The quantitative estimate of drug-likeness (QED) is 0.477. The molecule has 7 nitrogen and oxygen atoms in total. The summed E-state index contributed by atoms with van der Waals surface area (Å²) in [6.07, 6.45) is 1.25. The molecule has 0 aliphatic rings. The van der Waals surface area contributed by atoms with E-state index in [1.807, 2.05) is 55.5 Å². The van der Waals surface area contributed by atoms with E-state index in [2.05, 4.69) is 31.8 Å². The van der Waals surface area contributed by atoms with Crippen LogP contribution >= 0.6 is 0 Å². The highest BCUT2D eigenvalue weighted by atomic mass is 16.3. The summed E-state index contributed by atoms with van der Waals surface area (Å²) in [5.74, 6) is 1.09. The van der Waals surface area contributed by atoms with Crippen LogP contribution in [0.1, 0.15) is 12.5 Å². The molecule has 3 N–H and O–H groups in total. The molecule has 0 fully saturated rings. The molecule has 2 heterocycles. The van der Waals surface area contributed by atoms with E-state index in [4.69, 9.17) is 0 Å². The highest BCUT2D eigenvalue weighted by Gasteiger charge is 2.14. The summed E-state index contributed by atoms with van der Waals surface area (Å²) in [6, 6.07) is 17.9. The largest absolute Gasteiger partial charge is 0.392 e. The van der Waals surface area contributed by atoms with Crippen molar-refractivity contribution >= 4 is 28.5 Å². The van der Waals surface area contributed by atoms with E-state index in [9.17, 15) is 5.11 Å². The van der Waals surface area contributed by atoms with E-state index in [1.54, 1.807) is 17.8 Å². The van der Waals surface area contributed by atoms with Crippen molar-refractivity contribution in [1.29, 1.82) is 0 Å². The molecule has 1 atom stereocenters. The molecule has 0 saturated heterocycles. The van der Waals surface area contributed by atoms with Gasteiger partial charge < -0.3 is 15.7 Å². The molecular weight excluding hydrogens is 352 g/mol. The third-order valence-electron chi connectivity index (χ3n) is 4.27. The number of para-hydroxylation sites is 1. The number of aliphatic hydroxyl groups excluding tert-OH is 1. The minimum atomic E-state index is -0.508. The molecule has 28 heavy (non-hydrogen) atoms. The Balaban J connectivity index is 1.81. The van der Waals surface area contributed by atoms with Crippen molar-refractivity contribution < 1.29 is 5.11 Å². The average Bonchev–Trinajstić information content (AvgIpc) is 3.11. The first-order chi connectivity index (χ1) is 13.6. The first-order valence-corrected chi connectivity index (χ1v) is 9.17. The zero-order valence-corrected chi connectivity index (χ0v) is 15.8. The number of aromatic nitrogens is 4. The fraction of sp³-hybridized carbons (Fsp3) is 0.190. The van der Waals surface area contributed by atoms with Crippen LogP contribution in [0.5, 0.6) is 0 Å². The lowest BCUT2D eigenvalue weighted by Gasteiger charge is -2.12. The van der Waals surface area contributed by atoms with E-state index >= 15 is 0 Å². The molecule has 142 valence electrons. The molecule has 4 aromatic rings. The third kappa shape index (κ3) is 3.79. The van der Waals surface area contributed by atoms with Crippen LogP contribution in [-0.2, 0) is 0 Å². The maximum absolute atomic E-state index is 9.60. The Morgan fingerprint density at radius 2 is 1.89 bits per heavy atom. The van der Waals surface area contributed by atoms with Gasteiger partial charge in [-0.3, -0.25) is 0 Å². The number of nitrogens with one attached hydrogen (secondary N) is 2. The number of nitrogens with zero attached hydrogens (tertiary/aromatic N) is 4. The summed E-state index contributed by atoms with van der Waals surface area (Å²) in [5.41, 5.74) is 3.69. The number of aliphatic hydroxyl groups is 1. The number of anilines is 3. The summed E-state index contributed by atoms with van der Waals surface area (Å²) in [4.78, 5) is 9.24. The Hall–Kier alpha value is -3.45. The van der Waals surface area contributed by atoms with Crippen molar-refractivity contribution in [1.82, 2.24) is 19.7 Å². The van der Waals surface area contributed by atoms with Crippen LogP contribution in [0.2, 0.25) is 0 Å². The topological polar surface area (TPSA) is 87.9 Å². The minimum Gasteiger partial charge on any atom is -0.392 e. The lowest BCUT2D eigenvalue weighted by atomic mass is 10.2. The van der Waals surface area contributed by atoms with Crippen LogP contribution in [0.3, 0.4) is 0 Å². The lowest BCUT2D eigenvalue weighted by Crippen LogP contribution is -2.17. The number of rotatable bonds is 6. The summed E-state index contributed by atoms with van der Waals surface area (Å²) >= 11 is 0. The predicted molar refractivity (Wildman–Crippen MR) is 111 cm³/mol. The van der Waals surface area contributed by atoms with Crippen LogP contribution < -0.4 is 10.6 Å². The zero-order chi connectivity index (χ0) is 19.5. The maximum Gasteiger partial charge on any atom is 0.226 e. The van der Waals surface area contributed by atoms with E-state index in [0.29, 0.717) is 24.0 Å². The molecule has 0 radical (unpaired) electrons. The van der Waals surface area contributed by atoms with Gasteiger partial charge in [0, 0.05) is 12.2 Å². The predicted octanol–water partition coefficient (Wildman–Crippen LogP) is 3.66. The van der Waals surface area contributed by atoms with Crippen LogP contribution in [0.25, 0.3) is 16.7 Å². The Labute approximate surface area is 163 Å². The van der Waals surface area contributed by atoms with Gasteiger partial charge in [0.1, 0.15) is 5.82 Å². The Kier molecular flexibility index (Phi) is 4.90. The van der Waals surface area contributed by atoms with E-state index < -0.39 is 6.10 Å². The summed E-state index contributed by atoms with van der Waals surface area (Å²) in [7, 11) is 0. The van der Waals surface area contributed by atoms with Crippen LogP contribution in [0.15, 0.2) is 60.8 Å². The lowest BCUT2D eigenvalue weighted by molar-refractivity contribution is 0.208. The van der Waals surface area contributed by atoms with E-state index in [-0.39, 0.29) is 0 Å². The fourth-order valence-electron chi connectivity index (χ4n) is 2.94. The highest BCUT2D eigenvalue weighted by molar-refractivity contribution is 5.90. The van der Waals surface area contributed by atoms with Crippen LogP contribution in [0, 0.1) is 6.92 Å². The first-order valence-electron chi connectivity index (χ1n) is 9.17. The van der Waals surface area contributed by atoms with Crippen molar-refractivity contribution in [3.8, 4) is 5.69 Å². The van der Waals surface area contributed by atoms with Crippen LogP contribution in [-0.4, -0.2) is 37.5 Å². The van der Waals surface area contributed by atoms with Gasteiger partial charge >= 0.3 is 0 Å². The number of benzene rings is 2. The zero-order valence-electron chi connectivity index (χ0n) is 15.8. The fourth-order valence-corrected chi connectivity index (χ4v) is 2.94. The second-order valence-corrected chi connectivity index (χ2v) is 6.75. The highest BCUT2D eigenvalue weighted by Crippen LogP contribution is 2.27. The molecule has 0 bridgehead atoms.